The number of thioether (sulfide) groups is 1. The van der Waals surface area contributed by atoms with Gasteiger partial charge in [0, 0.05) is 22.0 Å². The van der Waals surface area contributed by atoms with Crippen LogP contribution in [0.1, 0.15) is 12.8 Å². The summed E-state index contributed by atoms with van der Waals surface area (Å²) in [5.74, 6) is 1.23. The second-order valence-electron chi connectivity index (χ2n) is 4.64. The van der Waals surface area contributed by atoms with E-state index in [9.17, 15) is 0 Å². The summed E-state index contributed by atoms with van der Waals surface area (Å²) in [5, 5.41) is 3.76. The molecular formula is C13H14BrNS. The van der Waals surface area contributed by atoms with E-state index in [1.807, 2.05) is 11.8 Å². The molecule has 84 valence electrons. The number of alkyl halides is 1. The van der Waals surface area contributed by atoms with Crippen molar-refractivity contribution in [2.24, 2.45) is 5.41 Å². The Balaban J connectivity index is 1.74. The van der Waals surface area contributed by atoms with Crippen molar-refractivity contribution >= 4 is 38.6 Å². The number of halogens is 1. The number of aromatic amines is 1. The minimum atomic E-state index is 0.585. The van der Waals surface area contributed by atoms with Gasteiger partial charge in [0.05, 0.1) is 5.03 Å². The minimum absolute atomic E-state index is 0.585. The fourth-order valence-corrected chi connectivity index (χ4v) is 4.11. The number of benzene rings is 1. The molecule has 1 heterocycles. The molecule has 0 saturated heterocycles. The molecule has 0 bridgehead atoms. The summed E-state index contributed by atoms with van der Waals surface area (Å²) in [6, 6.07) is 10.7. The normalized spacial score (nSPS) is 17.8. The van der Waals surface area contributed by atoms with Crippen LogP contribution in [0.15, 0.2) is 35.4 Å². The van der Waals surface area contributed by atoms with Gasteiger partial charge >= 0.3 is 0 Å². The number of nitrogens with one attached hydrogen (secondary N) is 1. The van der Waals surface area contributed by atoms with Gasteiger partial charge in [0.25, 0.3) is 0 Å². The maximum Gasteiger partial charge on any atom is 0.0732 e. The Morgan fingerprint density at radius 1 is 1.31 bits per heavy atom. The molecule has 0 atom stereocenters. The molecular weight excluding hydrogens is 282 g/mol. The van der Waals surface area contributed by atoms with Gasteiger partial charge in [0.2, 0.25) is 0 Å². The lowest BCUT2D eigenvalue weighted by molar-refractivity contribution is 0.686. The number of hydrogen-bond acceptors (Lipinski definition) is 1. The summed E-state index contributed by atoms with van der Waals surface area (Å²) in [6.45, 7) is 0. The van der Waals surface area contributed by atoms with Crippen molar-refractivity contribution in [3.8, 4) is 0 Å². The average molecular weight is 296 g/mol. The molecule has 0 aliphatic heterocycles. The van der Waals surface area contributed by atoms with Gasteiger partial charge in [-0.05, 0) is 30.4 Å². The van der Waals surface area contributed by atoms with E-state index in [0.29, 0.717) is 5.41 Å². The number of rotatable bonds is 4. The molecule has 0 radical (unpaired) electrons. The van der Waals surface area contributed by atoms with Crippen molar-refractivity contribution in [1.29, 1.82) is 0 Å². The van der Waals surface area contributed by atoms with Gasteiger partial charge in [-0.1, -0.05) is 34.1 Å². The SMILES string of the molecule is BrCC1(CSc2cc3ccccc3[nH]2)CC1. The minimum Gasteiger partial charge on any atom is -0.350 e. The van der Waals surface area contributed by atoms with Crippen molar-refractivity contribution in [3.05, 3.63) is 30.3 Å². The zero-order chi connectivity index (χ0) is 11.0. The highest BCUT2D eigenvalue weighted by Gasteiger charge is 2.41. The van der Waals surface area contributed by atoms with Gasteiger partial charge in [-0.3, -0.25) is 0 Å². The van der Waals surface area contributed by atoms with Crippen LogP contribution in [0.4, 0.5) is 0 Å². The summed E-state index contributed by atoms with van der Waals surface area (Å²) in [4.78, 5) is 3.47. The largest absolute Gasteiger partial charge is 0.350 e. The predicted octanol–water partition coefficient (Wildman–Crippen LogP) is 4.44. The van der Waals surface area contributed by atoms with Gasteiger partial charge < -0.3 is 4.98 Å². The van der Waals surface area contributed by atoms with Crippen LogP contribution < -0.4 is 0 Å². The first-order valence-corrected chi connectivity index (χ1v) is 7.69. The van der Waals surface area contributed by atoms with Crippen LogP contribution >= 0.6 is 27.7 Å². The topological polar surface area (TPSA) is 15.8 Å². The first-order chi connectivity index (χ1) is 7.81. The summed E-state index contributed by atoms with van der Waals surface area (Å²) >= 11 is 5.57. The van der Waals surface area contributed by atoms with Crippen LogP contribution in [0.3, 0.4) is 0 Å². The second-order valence-corrected chi connectivity index (χ2v) is 6.22. The number of para-hydroxylation sites is 1. The van der Waals surface area contributed by atoms with E-state index in [4.69, 9.17) is 0 Å². The first-order valence-electron chi connectivity index (χ1n) is 5.58. The molecule has 3 rings (SSSR count). The second kappa shape index (κ2) is 4.11. The molecule has 1 aromatic carbocycles. The third kappa shape index (κ3) is 2.03. The average Bonchev–Trinajstić information content (AvgIpc) is 2.98. The lowest BCUT2D eigenvalue weighted by Gasteiger charge is -2.08. The van der Waals surface area contributed by atoms with Crippen LogP contribution in [0.5, 0.6) is 0 Å². The van der Waals surface area contributed by atoms with Crippen molar-refractivity contribution in [1.82, 2.24) is 4.98 Å². The van der Waals surface area contributed by atoms with E-state index >= 15 is 0 Å². The maximum atomic E-state index is 3.62. The molecule has 1 aromatic heterocycles. The lowest BCUT2D eigenvalue weighted by Crippen LogP contribution is -2.04. The molecule has 1 aliphatic rings. The number of fused-ring (bicyclic) bond motifs is 1. The van der Waals surface area contributed by atoms with Crippen molar-refractivity contribution in [3.63, 3.8) is 0 Å². The van der Waals surface area contributed by atoms with Gasteiger partial charge in [0.1, 0.15) is 0 Å². The molecule has 1 aliphatic carbocycles. The standard InChI is InChI=1S/C13H14BrNS/c14-8-13(5-6-13)9-16-12-7-10-3-1-2-4-11(10)15-12/h1-4,7,15H,5-6,8-9H2. The predicted molar refractivity (Wildman–Crippen MR) is 74.5 cm³/mol. The highest BCUT2D eigenvalue weighted by Crippen LogP contribution is 2.50. The zero-order valence-corrected chi connectivity index (χ0v) is 11.4. The third-order valence-corrected chi connectivity index (χ3v) is 5.76. The molecule has 16 heavy (non-hydrogen) atoms. The van der Waals surface area contributed by atoms with E-state index in [-0.39, 0.29) is 0 Å². The van der Waals surface area contributed by atoms with Crippen LogP contribution in [0.25, 0.3) is 10.9 Å². The maximum absolute atomic E-state index is 3.62. The number of hydrogen-bond donors (Lipinski definition) is 1. The number of aromatic nitrogens is 1. The molecule has 2 aromatic rings. The van der Waals surface area contributed by atoms with Gasteiger partial charge in [-0.25, -0.2) is 0 Å². The van der Waals surface area contributed by atoms with Crippen LogP contribution in [0, 0.1) is 5.41 Å². The van der Waals surface area contributed by atoms with Crippen LogP contribution in [-0.4, -0.2) is 16.1 Å². The summed E-state index contributed by atoms with van der Waals surface area (Å²) in [7, 11) is 0. The smallest absolute Gasteiger partial charge is 0.0732 e. The Labute approximate surface area is 108 Å². The van der Waals surface area contributed by atoms with Crippen LogP contribution in [0.2, 0.25) is 0 Å². The van der Waals surface area contributed by atoms with Crippen molar-refractivity contribution < 1.29 is 0 Å². The van der Waals surface area contributed by atoms with Crippen molar-refractivity contribution in [2.75, 3.05) is 11.1 Å². The van der Waals surface area contributed by atoms with E-state index < -0.39 is 0 Å². The Hall–Kier alpha value is -0.410. The fourth-order valence-electron chi connectivity index (χ4n) is 1.85. The molecule has 0 amide bonds. The van der Waals surface area contributed by atoms with Crippen molar-refractivity contribution in [2.45, 2.75) is 17.9 Å². The summed E-state index contributed by atoms with van der Waals surface area (Å²) in [5.41, 5.74) is 1.83. The number of H-pyrrole nitrogens is 1. The lowest BCUT2D eigenvalue weighted by atomic mass is 10.2. The molecule has 3 heteroatoms. The molecule has 1 saturated carbocycles. The molecule has 1 N–H and O–H groups in total. The third-order valence-electron chi connectivity index (χ3n) is 3.28. The van der Waals surface area contributed by atoms with E-state index in [1.165, 1.54) is 34.5 Å². The van der Waals surface area contributed by atoms with E-state index in [2.05, 4.69) is 51.2 Å². The Morgan fingerprint density at radius 3 is 2.81 bits per heavy atom. The highest BCUT2D eigenvalue weighted by molar-refractivity contribution is 9.09. The summed E-state index contributed by atoms with van der Waals surface area (Å²) < 4.78 is 0. The highest BCUT2D eigenvalue weighted by atomic mass is 79.9. The van der Waals surface area contributed by atoms with E-state index in [1.54, 1.807) is 0 Å². The Bertz CT molecular complexity index is 468. The zero-order valence-electron chi connectivity index (χ0n) is 9.00. The summed E-state index contributed by atoms with van der Waals surface area (Å²) in [6.07, 6.45) is 2.76. The molecule has 1 nitrogen and oxygen atoms in total. The molecule has 0 spiro atoms. The van der Waals surface area contributed by atoms with Gasteiger partial charge in [0.15, 0.2) is 0 Å². The van der Waals surface area contributed by atoms with Crippen LogP contribution in [-0.2, 0) is 0 Å². The Morgan fingerprint density at radius 2 is 2.12 bits per heavy atom. The van der Waals surface area contributed by atoms with Gasteiger partial charge in [-0.15, -0.1) is 11.8 Å². The molecule has 0 unspecified atom stereocenters. The molecule has 1 fully saturated rings. The quantitative estimate of drug-likeness (QED) is 0.651. The van der Waals surface area contributed by atoms with E-state index in [0.717, 1.165) is 5.33 Å². The monoisotopic (exact) mass is 295 g/mol. The van der Waals surface area contributed by atoms with Gasteiger partial charge in [-0.2, -0.15) is 0 Å². The first kappa shape index (κ1) is 10.7. The fraction of sp³-hybridized carbons (Fsp3) is 0.385. The Kier molecular flexibility index (Phi) is 2.76.